The zero-order valence-electron chi connectivity index (χ0n) is 18.2. The molecule has 1 fully saturated rings. The third-order valence-corrected chi connectivity index (χ3v) is 5.87. The molecule has 33 heavy (non-hydrogen) atoms. The minimum atomic E-state index is -1.03. The van der Waals surface area contributed by atoms with Crippen LogP contribution in [0, 0.1) is 0 Å². The van der Waals surface area contributed by atoms with Crippen molar-refractivity contribution in [3.63, 3.8) is 0 Å². The normalized spacial score (nSPS) is 17.7. The lowest BCUT2D eigenvalue weighted by Crippen LogP contribution is -2.54. The first-order valence-electron chi connectivity index (χ1n) is 11.0. The van der Waals surface area contributed by atoms with Gasteiger partial charge in [0.05, 0.1) is 11.1 Å². The Balaban J connectivity index is 1.48. The Morgan fingerprint density at radius 3 is 2.67 bits per heavy atom. The van der Waals surface area contributed by atoms with Crippen molar-refractivity contribution in [3.05, 3.63) is 64.5 Å². The summed E-state index contributed by atoms with van der Waals surface area (Å²) in [7, 11) is 0. The highest BCUT2D eigenvalue weighted by Crippen LogP contribution is 2.29. The van der Waals surface area contributed by atoms with Gasteiger partial charge in [-0.05, 0) is 42.5 Å². The highest BCUT2D eigenvalue weighted by Gasteiger charge is 2.45. The van der Waals surface area contributed by atoms with Crippen molar-refractivity contribution < 1.29 is 24.0 Å². The molecule has 2 aromatic rings. The molecule has 2 aliphatic heterocycles. The van der Waals surface area contributed by atoms with E-state index < -0.39 is 35.6 Å². The van der Waals surface area contributed by atoms with E-state index >= 15 is 0 Å². The summed E-state index contributed by atoms with van der Waals surface area (Å²) in [6.45, 7) is 2.13. The van der Waals surface area contributed by atoms with E-state index in [9.17, 15) is 24.0 Å². The van der Waals surface area contributed by atoms with Crippen molar-refractivity contribution in [2.45, 2.75) is 51.6 Å². The second-order valence-corrected chi connectivity index (χ2v) is 8.12. The van der Waals surface area contributed by atoms with E-state index in [0.29, 0.717) is 5.56 Å². The number of unbranched alkanes of at least 4 members (excludes halogenated alkanes) is 1. The third-order valence-electron chi connectivity index (χ3n) is 5.87. The maximum Gasteiger partial charge on any atom is 0.270 e. The predicted molar refractivity (Wildman–Crippen MR) is 117 cm³/mol. The van der Waals surface area contributed by atoms with E-state index in [1.165, 1.54) is 6.07 Å². The number of piperidine rings is 1. The lowest BCUT2D eigenvalue weighted by atomic mass is 10.0. The molecule has 1 atom stereocenters. The molecule has 2 N–H and O–H groups in total. The Kier molecular flexibility index (Phi) is 6.30. The number of carbonyl (C=O) groups is 5. The Morgan fingerprint density at radius 1 is 1.15 bits per heavy atom. The fraction of sp³-hybridized carbons (Fsp3) is 0.333. The van der Waals surface area contributed by atoms with E-state index in [1.807, 2.05) is 6.07 Å². The number of nitrogens with one attached hydrogen (secondary N) is 2. The molecule has 170 valence electrons. The number of pyridine rings is 1. The molecule has 9 heteroatoms. The Labute approximate surface area is 190 Å². The highest BCUT2D eigenvalue weighted by atomic mass is 16.2. The number of fused-ring (bicyclic) bond motifs is 1. The molecule has 1 aromatic heterocycles. The number of nitrogens with zero attached hydrogens (tertiary/aromatic N) is 2. The van der Waals surface area contributed by atoms with Gasteiger partial charge in [0.2, 0.25) is 11.8 Å². The van der Waals surface area contributed by atoms with Gasteiger partial charge in [-0.25, -0.2) is 0 Å². The van der Waals surface area contributed by atoms with Crippen molar-refractivity contribution in [3.8, 4) is 0 Å². The highest BCUT2D eigenvalue weighted by molar-refractivity contribution is 6.24. The second-order valence-electron chi connectivity index (χ2n) is 8.12. The Morgan fingerprint density at radius 2 is 1.97 bits per heavy atom. The largest absolute Gasteiger partial charge is 0.347 e. The molecule has 5 amide bonds. The topological polar surface area (TPSA) is 126 Å². The van der Waals surface area contributed by atoms with Crippen molar-refractivity contribution in [1.29, 1.82) is 0 Å². The Bertz CT molecular complexity index is 1140. The number of carbonyl (C=O) groups excluding carboxylic acids is 5. The fourth-order valence-electron chi connectivity index (χ4n) is 4.09. The Hall–Kier alpha value is -3.88. The van der Waals surface area contributed by atoms with Crippen LogP contribution in [-0.2, 0) is 22.6 Å². The molecule has 3 heterocycles. The molecule has 0 spiro atoms. The minimum absolute atomic E-state index is 0.0173. The van der Waals surface area contributed by atoms with Gasteiger partial charge >= 0.3 is 0 Å². The molecular weight excluding hydrogens is 424 g/mol. The molecule has 9 nitrogen and oxygen atoms in total. The average Bonchev–Trinajstić information content (AvgIpc) is 3.07. The number of amides is 5. The average molecular weight is 448 g/mol. The monoisotopic (exact) mass is 448 g/mol. The van der Waals surface area contributed by atoms with Gasteiger partial charge in [0.25, 0.3) is 17.7 Å². The molecule has 1 saturated heterocycles. The van der Waals surface area contributed by atoms with Gasteiger partial charge in [-0.2, -0.15) is 0 Å². The number of aromatic nitrogens is 1. The van der Waals surface area contributed by atoms with Gasteiger partial charge in [-0.15, -0.1) is 0 Å². The molecule has 0 bridgehead atoms. The smallest absolute Gasteiger partial charge is 0.270 e. The molecule has 0 saturated carbocycles. The number of hydrogen-bond donors (Lipinski definition) is 2. The van der Waals surface area contributed by atoms with Crippen LogP contribution in [0.1, 0.15) is 74.9 Å². The number of rotatable bonds is 7. The zero-order valence-corrected chi connectivity index (χ0v) is 18.2. The van der Waals surface area contributed by atoms with Crippen LogP contribution in [0.2, 0.25) is 0 Å². The molecule has 1 aromatic carbocycles. The first-order valence-corrected chi connectivity index (χ1v) is 11.0. The molecule has 1 unspecified atom stereocenters. The quantitative estimate of drug-likeness (QED) is 0.622. The van der Waals surface area contributed by atoms with Crippen LogP contribution in [0.4, 0.5) is 0 Å². The van der Waals surface area contributed by atoms with Crippen LogP contribution in [-0.4, -0.2) is 45.5 Å². The van der Waals surface area contributed by atoms with Gasteiger partial charge in [0.15, 0.2) is 0 Å². The van der Waals surface area contributed by atoms with E-state index in [4.69, 9.17) is 0 Å². The molecule has 0 radical (unpaired) electrons. The number of aryl methyl sites for hydroxylation is 1. The summed E-state index contributed by atoms with van der Waals surface area (Å²) >= 11 is 0. The van der Waals surface area contributed by atoms with Crippen LogP contribution in [0.5, 0.6) is 0 Å². The summed E-state index contributed by atoms with van der Waals surface area (Å²) in [4.78, 5) is 67.4. The summed E-state index contributed by atoms with van der Waals surface area (Å²) in [5.41, 5.74) is 2.13. The molecular formula is C24H24N4O5. The van der Waals surface area contributed by atoms with Crippen molar-refractivity contribution in [2.75, 3.05) is 0 Å². The summed E-state index contributed by atoms with van der Waals surface area (Å²) in [6, 6.07) is 7.30. The van der Waals surface area contributed by atoms with Crippen LogP contribution in [0.3, 0.4) is 0 Å². The summed E-state index contributed by atoms with van der Waals surface area (Å²) in [5.74, 6) is -2.67. The maximum atomic E-state index is 13.1. The summed E-state index contributed by atoms with van der Waals surface area (Å²) < 4.78 is 0. The van der Waals surface area contributed by atoms with Gasteiger partial charge in [-0.1, -0.05) is 31.5 Å². The van der Waals surface area contributed by atoms with Gasteiger partial charge < -0.3 is 5.32 Å². The second kappa shape index (κ2) is 9.32. The van der Waals surface area contributed by atoms with Crippen LogP contribution < -0.4 is 10.6 Å². The van der Waals surface area contributed by atoms with E-state index in [2.05, 4.69) is 22.5 Å². The van der Waals surface area contributed by atoms with E-state index in [-0.39, 0.29) is 36.2 Å². The van der Waals surface area contributed by atoms with Crippen molar-refractivity contribution in [1.82, 2.24) is 20.5 Å². The van der Waals surface area contributed by atoms with Crippen molar-refractivity contribution >= 4 is 29.5 Å². The molecule has 0 aliphatic carbocycles. The predicted octanol–water partition coefficient (Wildman–Crippen LogP) is 1.76. The van der Waals surface area contributed by atoms with Crippen LogP contribution in [0.15, 0.2) is 36.5 Å². The van der Waals surface area contributed by atoms with Gasteiger partial charge in [-0.3, -0.25) is 39.2 Å². The van der Waals surface area contributed by atoms with Crippen LogP contribution >= 0.6 is 0 Å². The first kappa shape index (κ1) is 22.3. The van der Waals surface area contributed by atoms with Gasteiger partial charge in [0, 0.05) is 19.2 Å². The summed E-state index contributed by atoms with van der Waals surface area (Å²) in [6.07, 6.45) is 4.85. The van der Waals surface area contributed by atoms with E-state index in [1.54, 1.807) is 24.4 Å². The van der Waals surface area contributed by atoms with Crippen molar-refractivity contribution in [2.24, 2.45) is 0 Å². The fourth-order valence-corrected chi connectivity index (χ4v) is 4.09. The maximum absolute atomic E-state index is 13.1. The van der Waals surface area contributed by atoms with Gasteiger partial charge in [0.1, 0.15) is 11.7 Å². The van der Waals surface area contributed by atoms with Crippen LogP contribution in [0.25, 0.3) is 0 Å². The molecule has 2 aliphatic rings. The number of imide groups is 2. The number of benzene rings is 1. The third kappa shape index (κ3) is 4.39. The standard InChI is InChI=1S/C24H24N4O5/c1-2-3-5-14-8-9-17(25-12-14)21(30)26-13-15-6-4-7-16-20(15)24(33)28(23(16)32)18-10-11-19(29)27-22(18)31/h4,6-9,12,18H,2-3,5,10-11,13H2,1H3,(H,26,30)(H,27,29,31). The minimum Gasteiger partial charge on any atom is -0.347 e. The van der Waals surface area contributed by atoms with E-state index in [0.717, 1.165) is 29.7 Å². The first-order chi connectivity index (χ1) is 15.9. The number of hydrogen-bond acceptors (Lipinski definition) is 6. The molecule has 4 rings (SSSR count). The zero-order chi connectivity index (χ0) is 23.5. The lowest BCUT2D eigenvalue weighted by Gasteiger charge is -2.27. The summed E-state index contributed by atoms with van der Waals surface area (Å²) in [5, 5.41) is 4.92. The SMILES string of the molecule is CCCCc1ccc(C(=O)NCc2cccc3c2C(=O)N(C2CCC(=O)NC2=O)C3=O)nc1. The lowest BCUT2D eigenvalue weighted by molar-refractivity contribution is -0.136.